The first kappa shape index (κ1) is 28.0. The highest BCUT2D eigenvalue weighted by Gasteiger charge is 2.47. The van der Waals surface area contributed by atoms with Crippen LogP contribution in [0.1, 0.15) is 34.7 Å². The fraction of sp³-hybridized carbons (Fsp3) is 0.132. The number of H-pyrrole nitrogens is 1. The molecule has 0 saturated carbocycles. The van der Waals surface area contributed by atoms with E-state index in [9.17, 15) is 4.79 Å². The number of hydrogen-bond donors (Lipinski definition) is 3. The summed E-state index contributed by atoms with van der Waals surface area (Å²) >= 11 is 0. The molecule has 5 aromatic carbocycles. The number of aromatic amines is 1. The molecule has 3 N–H and O–H groups in total. The number of rotatable bonds is 10. The van der Waals surface area contributed by atoms with Gasteiger partial charge in [-0.3, -0.25) is 10.1 Å². The van der Waals surface area contributed by atoms with E-state index in [-0.39, 0.29) is 5.91 Å². The topological polar surface area (TPSA) is 66.2 Å². The first-order valence-corrected chi connectivity index (χ1v) is 14.5. The Morgan fingerprint density at radius 2 is 1.21 bits per heavy atom. The molecule has 0 saturated heterocycles. The highest BCUT2D eigenvalue weighted by molar-refractivity contribution is 5.95. The molecule has 0 aliphatic carbocycles. The summed E-state index contributed by atoms with van der Waals surface area (Å²) in [6.07, 6.45) is 1.95. The molecule has 214 valence electrons. The van der Waals surface area contributed by atoms with Crippen LogP contribution >= 0.6 is 0 Å². The van der Waals surface area contributed by atoms with Crippen LogP contribution in [0.25, 0.3) is 10.9 Å². The third-order valence-electron chi connectivity index (χ3n) is 8.27. The summed E-state index contributed by atoms with van der Waals surface area (Å²) in [7, 11) is 1.65. The van der Waals surface area contributed by atoms with E-state index in [0.29, 0.717) is 6.54 Å². The summed E-state index contributed by atoms with van der Waals surface area (Å²) in [5.74, 6) is 0.576. The summed E-state index contributed by atoms with van der Waals surface area (Å²) in [6, 6.07) is 46.9. The Hall–Kier alpha value is -5.13. The van der Waals surface area contributed by atoms with Crippen LogP contribution in [-0.4, -0.2) is 18.0 Å². The zero-order valence-electron chi connectivity index (χ0n) is 24.4. The lowest BCUT2D eigenvalue weighted by Crippen LogP contribution is -2.60. The summed E-state index contributed by atoms with van der Waals surface area (Å²) in [6.45, 7) is 2.29. The molecule has 0 bridgehead atoms. The number of aromatic nitrogens is 1. The fourth-order valence-corrected chi connectivity index (χ4v) is 6.09. The van der Waals surface area contributed by atoms with Crippen LogP contribution in [0.4, 0.5) is 0 Å². The predicted molar refractivity (Wildman–Crippen MR) is 173 cm³/mol. The number of ether oxygens (including phenoxy) is 1. The Bertz CT molecular complexity index is 1720. The lowest BCUT2D eigenvalue weighted by atomic mass is 9.74. The molecule has 5 heteroatoms. The van der Waals surface area contributed by atoms with Gasteiger partial charge in [-0.2, -0.15) is 0 Å². The Morgan fingerprint density at radius 3 is 1.79 bits per heavy atom. The number of carbonyl (C=O) groups excluding carboxylic acids is 1. The molecule has 0 aliphatic rings. The first-order chi connectivity index (χ1) is 21.1. The molecule has 1 atom stereocenters. The normalized spacial score (nSPS) is 12.9. The molecular formula is C38H35N3O2. The van der Waals surface area contributed by atoms with Gasteiger partial charge >= 0.3 is 0 Å². The maximum absolute atomic E-state index is 14.7. The third-order valence-corrected chi connectivity index (χ3v) is 8.27. The number of carbonyl (C=O) groups is 1. The second-order valence-corrected chi connectivity index (χ2v) is 10.8. The zero-order chi connectivity index (χ0) is 29.7. The number of nitrogens with one attached hydrogen (secondary N) is 3. The quantitative estimate of drug-likeness (QED) is 0.153. The molecule has 0 spiro atoms. The van der Waals surface area contributed by atoms with Crippen molar-refractivity contribution >= 4 is 16.8 Å². The smallest absolute Gasteiger partial charge is 0.245 e. The number of hydrogen-bond acceptors (Lipinski definition) is 3. The van der Waals surface area contributed by atoms with E-state index < -0.39 is 11.1 Å². The molecular weight excluding hydrogens is 530 g/mol. The molecule has 43 heavy (non-hydrogen) atoms. The summed E-state index contributed by atoms with van der Waals surface area (Å²) in [4.78, 5) is 18.1. The second-order valence-electron chi connectivity index (χ2n) is 10.8. The number of benzene rings is 5. The number of para-hydroxylation sites is 2. The first-order valence-electron chi connectivity index (χ1n) is 14.5. The van der Waals surface area contributed by atoms with Gasteiger partial charge in [0.05, 0.1) is 12.6 Å². The molecule has 1 aromatic heterocycles. The lowest BCUT2D eigenvalue weighted by Gasteiger charge is -2.44. The molecule has 6 aromatic rings. The highest BCUT2D eigenvalue weighted by atomic mass is 16.5. The molecule has 6 rings (SSSR count). The van der Waals surface area contributed by atoms with Crippen LogP contribution in [0.3, 0.4) is 0 Å². The monoisotopic (exact) mass is 565 g/mol. The molecule has 1 heterocycles. The number of methoxy groups -OCH3 is 1. The van der Waals surface area contributed by atoms with Crippen molar-refractivity contribution in [3.05, 3.63) is 174 Å². The largest absolute Gasteiger partial charge is 0.496 e. The van der Waals surface area contributed by atoms with E-state index in [1.54, 1.807) is 7.11 Å². The van der Waals surface area contributed by atoms with Crippen molar-refractivity contribution in [2.45, 2.75) is 24.5 Å². The van der Waals surface area contributed by atoms with Crippen LogP contribution in [0.15, 0.2) is 146 Å². The fourth-order valence-electron chi connectivity index (χ4n) is 6.09. The Labute approximate surface area is 252 Å². The van der Waals surface area contributed by atoms with E-state index in [1.165, 1.54) is 0 Å². The van der Waals surface area contributed by atoms with Crippen molar-refractivity contribution in [1.29, 1.82) is 0 Å². The maximum Gasteiger partial charge on any atom is 0.245 e. The van der Waals surface area contributed by atoms with Gasteiger partial charge in [-0.25, -0.2) is 0 Å². The van der Waals surface area contributed by atoms with Gasteiger partial charge in [-0.1, -0.05) is 127 Å². The van der Waals surface area contributed by atoms with E-state index >= 15 is 0 Å². The molecule has 0 radical (unpaired) electrons. The van der Waals surface area contributed by atoms with Crippen molar-refractivity contribution in [2.24, 2.45) is 0 Å². The Morgan fingerprint density at radius 1 is 0.698 bits per heavy atom. The van der Waals surface area contributed by atoms with E-state index in [1.807, 2.05) is 110 Å². The standard InChI is InChI=1S/C38H35N3O2/c1-37(33-27-39-34-24-14-13-23-32(33)34,36(42)40-26-28-16-12-15-25-35(28)43-2)41-38(29-17-6-3-7-18-29,30-19-8-4-9-20-30)31-21-10-5-11-22-31/h3-25,27,39,41H,26H2,1-2H3,(H,40,42). The lowest BCUT2D eigenvalue weighted by molar-refractivity contribution is -0.128. The van der Waals surface area contributed by atoms with Gasteiger partial charge in [0.2, 0.25) is 5.91 Å². The minimum atomic E-state index is -1.19. The summed E-state index contributed by atoms with van der Waals surface area (Å²) in [5, 5.41) is 8.22. The maximum atomic E-state index is 14.7. The van der Waals surface area contributed by atoms with Crippen molar-refractivity contribution in [3.8, 4) is 5.75 Å². The third kappa shape index (κ3) is 5.20. The van der Waals surface area contributed by atoms with Gasteiger partial charge in [-0.15, -0.1) is 0 Å². The SMILES string of the molecule is COc1ccccc1CNC(=O)C(C)(NC(c1ccccc1)(c1ccccc1)c1ccccc1)c1c[nH]c2ccccc12. The van der Waals surface area contributed by atoms with Crippen LogP contribution < -0.4 is 15.4 Å². The van der Waals surface area contributed by atoms with Crippen LogP contribution in [0.2, 0.25) is 0 Å². The number of amides is 1. The summed E-state index contributed by atoms with van der Waals surface area (Å²) in [5.41, 5.74) is 3.73. The van der Waals surface area contributed by atoms with Crippen molar-refractivity contribution in [1.82, 2.24) is 15.6 Å². The van der Waals surface area contributed by atoms with Gasteiger partial charge in [0.15, 0.2) is 0 Å². The molecule has 0 aliphatic heterocycles. The molecule has 1 unspecified atom stereocenters. The minimum absolute atomic E-state index is 0.157. The minimum Gasteiger partial charge on any atom is -0.496 e. The number of fused-ring (bicyclic) bond motifs is 1. The van der Waals surface area contributed by atoms with E-state index in [2.05, 4.69) is 58.1 Å². The van der Waals surface area contributed by atoms with Crippen LogP contribution in [0, 0.1) is 0 Å². The average molecular weight is 566 g/mol. The molecule has 0 fully saturated rings. The van der Waals surface area contributed by atoms with E-state index in [4.69, 9.17) is 4.74 Å². The van der Waals surface area contributed by atoms with Crippen LogP contribution in [-0.2, 0) is 22.4 Å². The van der Waals surface area contributed by atoms with Gasteiger partial charge < -0.3 is 15.0 Å². The highest BCUT2D eigenvalue weighted by Crippen LogP contribution is 2.42. The predicted octanol–water partition coefficient (Wildman–Crippen LogP) is 7.29. The molecule has 5 nitrogen and oxygen atoms in total. The Balaban J connectivity index is 1.56. The average Bonchev–Trinajstić information content (AvgIpc) is 3.52. The van der Waals surface area contributed by atoms with Gasteiger partial charge in [0.1, 0.15) is 11.3 Å². The second kappa shape index (κ2) is 12.0. The zero-order valence-corrected chi connectivity index (χ0v) is 24.4. The van der Waals surface area contributed by atoms with E-state index in [0.717, 1.165) is 44.5 Å². The van der Waals surface area contributed by atoms with Crippen LogP contribution in [0.5, 0.6) is 5.75 Å². The van der Waals surface area contributed by atoms with Crippen molar-refractivity contribution in [2.75, 3.05) is 7.11 Å². The molecule has 1 amide bonds. The van der Waals surface area contributed by atoms with Crippen molar-refractivity contribution < 1.29 is 9.53 Å². The van der Waals surface area contributed by atoms with Gasteiger partial charge in [0.25, 0.3) is 0 Å². The summed E-state index contributed by atoms with van der Waals surface area (Å²) < 4.78 is 5.58. The van der Waals surface area contributed by atoms with Gasteiger partial charge in [-0.05, 0) is 35.7 Å². The Kier molecular flexibility index (Phi) is 7.82. The van der Waals surface area contributed by atoms with Gasteiger partial charge in [0, 0.05) is 34.8 Å². The van der Waals surface area contributed by atoms with Crippen molar-refractivity contribution in [3.63, 3.8) is 0 Å².